The molecule has 0 amide bonds. The van der Waals surface area contributed by atoms with E-state index in [2.05, 4.69) is 23.6 Å². The monoisotopic (exact) mass is 294 g/mol. The molecule has 2 fully saturated rings. The second kappa shape index (κ2) is 7.73. The highest BCUT2D eigenvalue weighted by Gasteiger charge is 2.29. The molecule has 0 aromatic carbocycles. The van der Waals surface area contributed by atoms with Gasteiger partial charge in [0.2, 0.25) is 0 Å². The number of carbonyl (C=O) groups is 1. The molecule has 0 unspecified atom stereocenters. The van der Waals surface area contributed by atoms with Crippen molar-refractivity contribution < 1.29 is 4.79 Å². The van der Waals surface area contributed by atoms with E-state index in [9.17, 15) is 4.79 Å². The van der Waals surface area contributed by atoms with Gasteiger partial charge in [-0.2, -0.15) is 0 Å². The molecule has 2 rings (SSSR count). The lowest BCUT2D eigenvalue weighted by Crippen LogP contribution is -2.49. The van der Waals surface area contributed by atoms with E-state index in [1.165, 1.54) is 51.9 Å². The van der Waals surface area contributed by atoms with Crippen LogP contribution in [0.25, 0.3) is 0 Å². The molecular weight excluding hydrogens is 260 g/mol. The highest BCUT2D eigenvalue weighted by molar-refractivity contribution is 5.80. The van der Waals surface area contributed by atoms with Crippen LogP contribution in [0.5, 0.6) is 0 Å². The molecule has 2 aliphatic heterocycles. The summed E-state index contributed by atoms with van der Waals surface area (Å²) < 4.78 is 0. The molecule has 0 aromatic rings. The quantitative estimate of drug-likeness (QED) is 0.778. The van der Waals surface area contributed by atoms with Gasteiger partial charge >= 0.3 is 0 Å². The molecule has 0 radical (unpaired) electrons. The third-order valence-corrected chi connectivity index (χ3v) is 5.53. The van der Waals surface area contributed by atoms with E-state index >= 15 is 0 Å². The van der Waals surface area contributed by atoms with E-state index < -0.39 is 0 Å². The van der Waals surface area contributed by atoms with Crippen molar-refractivity contribution >= 4 is 5.78 Å². The van der Waals surface area contributed by atoms with Gasteiger partial charge in [-0.25, -0.2) is 0 Å². The molecule has 0 N–H and O–H groups in total. The minimum atomic E-state index is 0.211. The van der Waals surface area contributed by atoms with Gasteiger partial charge < -0.3 is 9.80 Å². The molecular formula is C18H34N2O. The highest BCUT2D eigenvalue weighted by atomic mass is 16.1. The zero-order valence-electron chi connectivity index (χ0n) is 14.5. The Morgan fingerprint density at radius 1 is 0.952 bits per heavy atom. The fraction of sp³-hybridized carbons (Fsp3) is 0.944. The number of carbonyl (C=O) groups excluding carboxylic acids is 1. The summed E-state index contributed by atoms with van der Waals surface area (Å²) in [5.74, 6) is 1.31. The molecule has 122 valence electrons. The molecule has 0 atom stereocenters. The summed E-state index contributed by atoms with van der Waals surface area (Å²) in [5, 5.41) is 0. The van der Waals surface area contributed by atoms with Crippen molar-refractivity contribution in [1.29, 1.82) is 0 Å². The Hall–Kier alpha value is -0.410. The molecule has 3 nitrogen and oxygen atoms in total. The molecule has 0 bridgehead atoms. The van der Waals surface area contributed by atoms with Gasteiger partial charge in [-0.05, 0) is 71.6 Å². The fourth-order valence-electron chi connectivity index (χ4n) is 3.81. The highest BCUT2D eigenvalue weighted by Crippen LogP contribution is 2.26. The number of Topliss-reactive ketones (excluding diaryl/α,β-unsaturated/α-hetero) is 1. The standard InChI is InChI=1S/C18H34N2O/c1-14(2)18(21)13-16-5-9-20(10-6-16)17-7-11-19(12-8-17)15(3)4/h14-17H,5-13H2,1-4H3. The summed E-state index contributed by atoms with van der Waals surface area (Å²) in [6.07, 6.45) is 5.92. The van der Waals surface area contributed by atoms with Crippen LogP contribution in [0.4, 0.5) is 0 Å². The van der Waals surface area contributed by atoms with E-state index in [0.717, 1.165) is 12.5 Å². The Balaban J connectivity index is 1.71. The maximum absolute atomic E-state index is 11.9. The van der Waals surface area contributed by atoms with Crippen molar-refractivity contribution in [1.82, 2.24) is 9.80 Å². The first-order chi connectivity index (χ1) is 9.97. The van der Waals surface area contributed by atoms with Crippen LogP contribution >= 0.6 is 0 Å². The topological polar surface area (TPSA) is 23.6 Å². The number of piperidine rings is 2. The first-order valence-electron chi connectivity index (χ1n) is 8.98. The number of nitrogens with zero attached hydrogens (tertiary/aromatic N) is 2. The summed E-state index contributed by atoms with van der Waals surface area (Å²) >= 11 is 0. The van der Waals surface area contributed by atoms with Gasteiger partial charge in [-0.15, -0.1) is 0 Å². The van der Waals surface area contributed by atoms with Gasteiger partial charge in [0.25, 0.3) is 0 Å². The normalized spacial score (nSPS) is 24.1. The number of ketones is 1. The first kappa shape index (κ1) is 17.0. The van der Waals surface area contributed by atoms with Crippen molar-refractivity contribution in [2.24, 2.45) is 11.8 Å². The maximum atomic E-state index is 11.9. The Kier molecular flexibility index (Phi) is 6.24. The summed E-state index contributed by atoms with van der Waals surface area (Å²) in [5.41, 5.74) is 0. The zero-order chi connectivity index (χ0) is 15.4. The Bertz CT molecular complexity index is 324. The van der Waals surface area contributed by atoms with Gasteiger partial charge in [0.05, 0.1) is 0 Å². The second-order valence-corrected chi connectivity index (χ2v) is 7.67. The third kappa shape index (κ3) is 4.79. The van der Waals surface area contributed by atoms with Crippen molar-refractivity contribution in [3.05, 3.63) is 0 Å². The predicted molar refractivity (Wildman–Crippen MR) is 88.5 cm³/mol. The van der Waals surface area contributed by atoms with E-state index in [1.807, 2.05) is 13.8 Å². The van der Waals surface area contributed by atoms with Crippen molar-refractivity contribution in [3.8, 4) is 0 Å². The van der Waals surface area contributed by atoms with Crippen LogP contribution in [0, 0.1) is 11.8 Å². The molecule has 0 spiro atoms. The lowest BCUT2D eigenvalue weighted by atomic mass is 9.87. The van der Waals surface area contributed by atoms with Crippen LogP contribution in [0.3, 0.4) is 0 Å². The summed E-state index contributed by atoms with van der Waals surface area (Å²) in [7, 11) is 0. The van der Waals surface area contributed by atoms with Crippen molar-refractivity contribution in [3.63, 3.8) is 0 Å². The molecule has 0 saturated carbocycles. The number of likely N-dealkylation sites (tertiary alicyclic amines) is 2. The van der Waals surface area contributed by atoms with Crippen LogP contribution < -0.4 is 0 Å². The van der Waals surface area contributed by atoms with Crippen LogP contribution in [-0.2, 0) is 4.79 Å². The predicted octanol–water partition coefficient (Wildman–Crippen LogP) is 3.19. The first-order valence-corrected chi connectivity index (χ1v) is 8.98. The Morgan fingerprint density at radius 3 is 2.00 bits per heavy atom. The van der Waals surface area contributed by atoms with Crippen LogP contribution in [0.2, 0.25) is 0 Å². The fourth-order valence-corrected chi connectivity index (χ4v) is 3.81. The number of hydrogen-bond donors (Lipinski definition) is 0. The van der Waals surface area contributed by atoms with E-state index in [-0.39, 0.29) is 5.92 Å². The number of rotatable bonds is 5. The number of hydrogen-bond acceptors (Lipinski definition) is 3. The van der Waals surface area contributed by atoms with Crippen molar-refractivity contribution in [2.75, 3.05) is 26.2 Å². The Labute approximate surface area is 131 Å². The summed E-state index contributed by atoms with van der Waals surface area (Å²) in [6.45, 7) is 13.6. The molecule has 0 aliphatic carbocycles. The summed E-state index contributed by atoms with van der Waals surface area (Å²) in [6, 6.07) is 1.49. The Morgan fingerprint density at radius 2 is 1.52 bits per heavy atom. The smallest absolute Gasteiger partial charge is 0.135 e. The molecule has 21 heavy (non-hydrogen) atoms. The lowest BCUT2D eigenvalue weighted by Gasteiger charge is -2.42. The SMILES string of the molecule is CC(C)C(=O)CC1CCN(C2CCN(C(C)C)CC2)CC1. The molecule has 2 heterocycles. The molecule has 3 heteroatoms. The van der Waals surface area contributed by atoms with E-state index in [0.29, 0.717) is 17.7 Å². The minimum absolute atomic E-state index is 0.211. The van der Waals surface area contributed by atoms with Gasteiger partial charge in [-0.3, -0.25) is 4.79 Å². The largest absolute Gasteiger partial charge is 0.301 e. The van der Waals surface area contributed by atoms with Crippen molar-refractivity contribution in [2.45, 2.75) is 71.9 Å². The van der Waals surface area contributed by atoms with Gasteiger partial charge in [0.1, 0.15) is 5.78 Å². The van der Waals surface area contributed by atoms with Crippen LogP contribution in [0.15, 0.2) is 0 Å². The van der Waals surface area contributed by atoms with Gasteiger partial charge in [-0.1, -0.05) is 13.8 Å². The van der Waals surface area contributed by atoms with Crippen LogP contribution in [-0.4, -0.2) is 53.8 Å². The van der Waals surface area contributed by atoms with Crippen LogP contribution in [0.1, 0.15) is 59.8 Å². The minimum Gasteiger partial charge on any atom is -0.301 e. The lowest BCUT2D eigenvalue weighted by molar-refractivity contribution is -0.123. The zero-order valence-corrected chi connectivity index (χ0v) is 14.5. The van der Waals surface area contributed by atoms with Gasteiger partial charge in [0, 0.05) is 24.4 Å². The molecule has 2 saturated heterocycles. The molecule has 2 aliphatic rings. The average molecular weight is 294 g/mol. The average Bonchev–Trinajstić information content (AvgIpc) is 2.48. The summed E-state index contributed by atoms with van der Waals surface area (Å²) in [4.78, 5) is 17.2. The second-order valence-electron chi connectivity index (χ2n) is 7.67. The molecule has 0 aromatic heterocycles. The van der Waals surface area contributed by atoms with E-state index in [1.54, 1.807) is 0 Å². The third-order valence-electron chi connectivity index (χ3n) is 5.53. The van der Waals surface area contributed by atoms with E-state index in [4.69, 9.17) is 0 Å². The van der Waals surface area contributed by atoms with Gasteiger partial charge in [0.15, 0.2) is 0 Å². The maximum Gasteiger partial charge on any atom is 0.135 e.